The van der Waals surface area contributed by atoms with Gasteiger partial charge >= 0.3 is 5.97 Å². The number of piperazine rings is 1. The maximum absolute atomic E-state index is 12.8. The number of hydrogen-bond donors (Lipinski definition) is 3. The average Bonchev–Trinajstić information content (AvgIpc) is 2.76. The lowest BCUT2D eigenvalue weighted by Gasteiger charge is -2.34. The van der Waals surface area contributed by atoms with E-state index in [0.29, 0.717) is 30.9 Å². The highest BCUT2D eigenvalue weighted by Gasteiger charge is 2.35. The Bertz CT molecular complexity index is 796. The predicted molar refractivity (Wildman–Crippen MR) is 116 cm³/mol. The van der Waals surface area contributed by atoms with Crippen molar-refractivity contribution >= 4 is 29.4 Å². The third-order valence-electron chi connectivity index (χ3n) is 4.69. The van der Waals surface area contributed by atoms with E-state index < -0.39 is 12.0 Å². The zero-order valence-corrected chi connectivity index (χ0v) is 18.4. The molecule has 170 valence electrons. The fourth-order valence-electron chi connectivity index (χ4n) is 3.08. The highest BCUT2D eigenvalue weighted by molar-refractivity contribution is 5.95. The van der Waals surface area contributed by atoms with E-state index >= 15 is 0 Å². The summed E-state index contributed by atoms with van der Waals surface area (Å²) in [6.45, 7) is 7.25. The summed E-state index contributed by atoms with van der Waals surface area (Å²) in [4.78, 5) is 50.7. The van der Waals surface area contributed by atoms with Crippen molar-refractivity contribution in [3.8, 4) is 0 Å². The number of nitrogens with zero attached hydrogens (tertiary/aromatic N) is 1. The fraction of sp³-hybridized carbons (Fsp3) is 0.545. The van der Waals surface area contributed by atoms with Gasteiger partial charge in [-0.15, -0.1) is 0 Å². The molecule has 1 aromatic carbocycles. The number of carbonyl (C=O) groups excluding carboxylic acids is 4. The van der Waals surface area contributed by atoms with Gasteiger partial charge in [0.05, 0.1) is 19.6 Å². The van der Waals surface area contributed by atoms with Crippen LogP contribution in [-0.4, -0.2) is 67.4 Å². The number of esters is 1. The predicted octanol–water partition coefficient (Wildman–Crippen LogP) is 1.15. The molecular formula is C22H32N4O5. The lowest BCUT2D eigenvalue weighted by Crippen LogP contribution is -2.58. The molecule has 1 atom stereocenters. The lowest BCUT2D eigenvalue weighted by molar-refractivity contribution is -0.152. The highest BCUT2D eigenvalue weighted by atomic mass is 16.5. The molecule has 31 heavy (non-hydrogen) atoms. The summed E-state index contributed by atoms with van der Waals surface area (Å²) < 4.78 is 5.17. The van der Waals surface area contributed by atoms with Crippen molar-refractivity contribution < 1.29 is 23.9 Å². The number of amides is 3. The Morgan fingerprint density at radius 3 is 2.77 bits per heavy atom. The molecule has 3 N–H and O–H groups in total. The second-order valence-electron chi connectivity index (χ2n) is 7.87. The Morgan fingerprint density at radius 2 is 2.06 bits per heavy atom. The maximum Gasteiger partial charge on any atom is 0.308 e. The third kappa shape index (κ3) is 7.58. The smallest absolute Gasteiger partial charge is 0.308 e. The molecule has 0 saturated carbocycles. The Hall–Kier alpha value is -3.10. The number of nitrogens with one attached hydrogen (secondary N) is 3. The first kappa shape index (κ1) is 24.2. The van der Waals surface area contributed by atoms with E-state index in [0.717, 1.165) is 6.42 Å². The first-order valence-electron chi connectivity index (χ1n) is 10.7. The molecule has 0 aliphatic carbocycles. The number of anilines is 1. The molecule has 0 bridgehead atoms. The minimum absolute atomic E-state index is 0.0646. The van der Waals surface area contributed by atoms with E-state index in [9.17, 15) is 19.2 Å². The Morgan fingerprint density at radius 1 is 1.29 bits per heavy atom. The SMILES string of the molecule is CCCNC(=O)c1cccc(NCC(=O)N2CCNC(=O)C2CC(=O)OCC(C)C)c1. The molecule has 1 fully saturated rings. The second-order valence-corrected chi connectivity index (χ2v) is 7.87. The van der Waals surface area contributed by atoms with Crippen LogP contribution in [0.15, 0.2) is 24.3 Å². The van der Waals surface area contributed by atoms with Gasteiger partial charge in [-0.1, -0.05) is 26.8 Å². The summed E-state index contributed by atoms with van der Waals surface area (Å²) in [5.74, 6) is -1.17. The monoisotopic (exact) mass is 432 g/mol. The fourth-order valence-corrected chi connectivity index (χ4v) is 3.08. The molecule has 0 spiro atoms. The summed E-state index contributed by atoms with van der Waals surface area (Å²) in [6, 6.07) is 5.96. The molecule has 1 saturated heterocycles. The molecule has 1 aliphatic heterocycles. The van der Waals surface area contributed by atoms with Gasteiger partial charge in [-0.05, 0) is 30.5 Å². The zero-order valence-electron chi connectivity index (χ0n) is 18.4. The van der Waals surface area contributed by atoms with E-state index in [1.54, 1.807) is 24.3 Å². The summed E-state index contributed by atoms with van der Waals surface area (Å²) in [7, 11) is 0. The molecule has 2 rings (SSSR count). The van der Waals surface area contributed by atoms with Gasteiger partial charge in [0.25, 0.3) is 5.91 Å². The van der Waals surface area contributed by atoms with Gasteiger partial charge in [0.15, 0.2) is 0 Å². The molecule has 0 aromatic heterocycles. The van der Waals surface area contributed by atoms with Crippen LogP contribution in [0.3, 0.4) is 0 Å². The summed E-state index contributed by atoms with van der Waals surface area (Å²) in [5.41, 5.74) is 1.11. The Labute approximate surface area is 182 Å². The van der Waals surface area contributed by atoms with Crippen LogP contribution in [0.5, 0.6) is 0 Å². The van der Waals surface area contributed by atoms with Crippen molar-refractivity contribution in [2.75, 3.05) is 38.1 Å². The number of hydrogen-bond acceptors (Lipinski definition) is 6. The molecule has 1 aromatic rings. The highest BCUT2D eigenvalue weighted by Crippen LogP contribution is 2.14. The number of benzene rings is 1. The van der Waals surface area contributed by atoms with Crippen LogP contribution in [0.25, 0.3) is 0 Å². The van der Waals surface area contributed by atoms with Gasteiger partial charge in [0, 0.05) is 30.9 Å². The zero-order chi connectivity index (χ0) is 22.8. The minimum Gasteiger partial charge on any atom is -0.465 e. The largest absolute Gasteiger partial charge is 0.465 e. The molecule has 9 nitrogen and oxygen atoms in total. The van der Waals surface area contributed by atoms with Gasteiger partial charge in [-0.3, -0.25) is 19.2 Å². The normalized spacial score (nSPS) is 15.9. The van der Waals surface area contributed by atoms with E-state index in [1.165, 1.54) is 4.90 Å². The lowest BCUT2D eigenvalue weighted by atomic mass is 10.1. The van der Waals surface area contributed by atoms with Crippen molar-refractivity contribution in [2.45, 2.75) is 39.7 Å². The minimum atomic E-state index is -0.895. The summed E-state index contributed by atoms with van der Waals surface area (Å²) in [6.07, 6.45) is 0.658. The standard InChI is InChI=1S/C22H32N4O5/c1-4-8-23-21(29)16-6-5-7-17(11-16)25-13-19(27)26-10-9-24-22(30)18(26)12-20(28)31-14-15(2)3/h5-7,11,15,18,25H,4,8-10,12-14H2,1-3H3,(H,23,29)(H,24,30). The number of ether oxygens (including phenoxy) is 1. The topological polar surface area (TPSA) is 117 Å². The molecule has 1 unspecified atom stereocenters. The van der Waals surface area contributed by atoms with Gasteiger partial charge < -0.3 is 25.6 Å². The van der Waals surface area contributed by atoms with Crippen molar-refractivity contribution in [3.63, 3.8) is 0 Å². The molecule has 1 aliphatic rings. The van der Waals surface area contributed by atoms with Gasteiger partial charge in [-0.2, -0.15) is 0 Å². The van der Waals surface area contributed by atoms with E-state index in [2.05, 4.69) is 16.0 Å². The van der Waals surface area contributed by atoms with Gasteiger partial charge in [0.1, 0.15) is 6.04 Å². The van der Waals surface area contributed by atoms with Crippen molar-refractivity contribution in [1.29, 1.82) is 0 Å². The average molecular weight is 433 g/mol. The van der Waals surface area contributed by atoms with Crippen LogP contribution in [0.1, 0.15) is 44.0 Å². The first-order chi connectivity index (χ1) is 14.8. The quantitative estimate of drug-likeness (QED) is 0.478. The molecular weight excluding hydrogens is 400 g/mol. The first-order valence-corrected chi connectivity index (χ1v) is 10.7. The number of carbonyl (C=O) groups is 4. The van der Waals surface area contributed by atoms with Crippen molar-refractivity contribution in [2.24, 2.45) is 5.92 Å². The van der Waals surface area contributed by atoms with E-state index in [1.807, 2.05) is 20.8 Å². The van der Waals surface area contributed by atoms with E-state index in [-0.39, 0.29) is 43.2 Å². The summed E-state index contributed by atoms with van der Waals surface area (Å²) >= 11 is 0. The van der Waals surface area contributed by atoms with Crippen LogP contribution >= 0.6 is 0 Å². The van der Waals surface area contributed by atoms with Crippen LogP contribution in [0.2, 0.25) is 0 Å². The molecule has 9 heteroatoms. The van der Waals surface area contributed by atoms with Crippen molar-refractivity contribution in [1.82, 2.24) is 15.5 Å². The van der Waals surface area contributed by atoms with Crippen LogP contribution in [-0.2, 0) is 19.1 Å². The van der Waals surface area contributed by atoms with Crippen LogP contribution < -0.4 is 16.0 Å². The maximum atomic E-state index is 12.8. The van der Waals surface area contributed by atoms with Gasteiger partial charge in [-0.25, -0.2) is 0 Å². The van der Waals surface area contributed by atoms with Crippen molar-refractivity contribution in [3.05, 3.63) is 29.8 Å². The summed E-state index contributed by atoms with van der Waals surface area (Å²) in [5, 5.41) is 8.50. The Kier molecular flexibility index (Phi) is 9.30. The molecule has 0 radical (unpaired) electrons. The molecule has 3 amide bonds. The Balaban J connectivity index is 1.97. The molecule has 1 heterocycles. The van der Waals surface area contributed by atoms with Crippen LogP contribution in [0.4, 0.5) is 5.69 Å². The van der Waals surface area contributed by atoms with Gasteiger partial charge in [0.2, 0.25) is 11.8 Å². The third-order valence-corrected chi connectivity index (χ3v) is 4.69. The van der Waals surface area contributed by atoms with Crippen LogP contribution in [0, 0.1) is 5.92 Å². The number of rotatable bonds is 10. The second kappa shape index (κ2) is 11.9. The van der Waals surface area contributed by atoms with E-state index in [4.69, 9.17) is 4.74 Å².